The van der Waals surface area contributed by atoms with Crippen LogP contribution in [0.15, 0.2) is 59.1 Å². The maximum Gasteiger partial charge on any atom is 0.119 e. The number of nitrogens with zero attached hydrogens (tertiary/aromatic N) is 4. The van der Waals surface area contributed by atoms with Crippen LogP contribution in [0.25, 0.3) is 0 Å². The van der Waals surface area contributed by atoms with E-state index in [0.717, 1.165) is 24.3 Å². The molecule has 0 spiro atoms. The van der Waals surface area contributed by atoms with Crippen molar-refractivity contribution in [2.75, 3.05) is 37.3 Å². The Labute approximate surface area is 152 Å². The Kier molecular flexibility index (Phi) is 7.35. The molecule has 0 aliphatic heterocycles. The topological polar surface area (TPSA) is 83.8 Å². The summed E-state index contributed by atoms with van der Waals surface area (Å²) in [5.41, 5.74) is 1.42. The van der Waals surface area contributed by atoms with Crippen LogP contribution >= 0.6 is 0 Å². The van der Waals surface area contributed by atoms with Crippen molar-refractivity contribution in [3.63, 3.8) is 0 Å². The third kappa shape index (κ3) is 5.73. The molecule has 0 unspecified atom stereocenters. The summed E-state index contributed by atoms with van der Waals surface area (Å²) < 4.78 is 11.3. The molecular formula is C18H22N4O4. The molecule has 0 radical (unpaired) electrons. The van der Waals surface area contributed by atoms with E-state index in [2.05, 4.69) is 10.6 Å². The summed E-state index contributed by atoms with van der Waals surface area (Å²) in [4.78, 5) is 20.9. The van der Waals surface area contributed by atoms with Crippen LogP contribution < -0.4 is 19.5 Å². The van der Waals surface area contributed by atoms with Crippen LogP contribution in [0.3, 0.4) is 0 Å². The largest absolute Gasteiger partial charge is 0.494 e. The molecule has 8 heteroatoms. The number of unbranched alkanes of at least 4 members (excludes halogenated alkanes) is 1. The molecule has 0 atom stereocenters. The summed E-state index contributed by atoms with van der Waals surface area (Å²) in [6.45, 7) is 1.17. The van der Waals surface area contributed by atoms with Crippen molar-refractivity contribution in [3.8, 4) is 11.5 Å². The quantitative estimate of drug-likeness (QED) is 0.341. The second-order valence-electron chi connectivity index (χ2n) is 5.60. The van der Waals surface area contributed by atoms with Crippen molar-refractivity contribution in [1.82, 2.24) is 0 Å². The van der Waals surface area contributed by atoms with Gasteiger partial charge in [-0.2, -0.15) is 0 Å². The van der Waals surface area contributed by atoms with Crippen molar-refractivity contribution in [2.24, 2.45) is 10.6 Å². The second-order valence-corrected chi connectivity index (χ2v) is 5.60. The third-order valence-electron chi connectivity index (χ3n) is 3.74. The van der Waals surface area contributed by atoms with Gasteiger partial charge in [0.15, 0.2) is 0 Å². The number of hydrogen-bond donors (Lipinski definition) is 0. The number of benzene rings is 2. The highest BCUT2D eigenvalue weighted by molar-refractivity contribution is 5.48. The van der Waals surface area contributed by atoms with E-state index in [4.69, 9.17) is 9.47 Å². The van der Waals surface area contributed by atoms with E-state index in [-0.39, 0.29) is 0 Å². The number of ether oxygens (including phenoxy) is 2. The molecule has 0 saturated heterocycles. The molecule has 8 nitrogen and oxygen atoms in total. The second kappa shape index (κ2) is 9.97. The van der Waals surface area contributed by atoms with Crippen LogP contribution in [-0.4, -0.2) is 27.3 Å². The van der Waals surface area contributed by atoms with Gasteiger partial charge in [0.25, 0.3) is 0 Å². The average Bonchev–Trinajstić information content (AvgIpc) is 2.70. The molecule has 0 N–H and O–H groups in total. The first-order chi connectivity index (χ1) is 12.6. The molecule has 0 aliphatic carbocycles. The van der Waals surface area contributed by atoms with Crippen LogP contribution in [0.4, 0.5) is 11.4 Å². The van der Waals surface area contributed by atoms with E-state index < -0.39 is 0 Å². The Bertz CT molecular complexity index is 630. The summed E-state index contributed by atoms with van der Waals surface area (Å²) in [5.74, 6) is 1.50. The van der Waals surface area contributed by atoms with Crippen molar-refractivity contribution >= 4 is 11.4 Å². The van der Waals surface area contributed by atoms with Gasteiger partial charge in [0.1, 0.15) is 11.5 Å². The Morgan fingerprint density at radius 2 is 1.04 bits per heavy atom. The highest BCUT2D eigenvalue weighted by atomic mass is 16.5. The maximum atomic E-state index is 10.4. The standard InChI is InChI=1S/C18H22N4O4/c1-21(19-23)15-5-9-17(10-6-15)25-13-3-4-14-26-18-11-7-16(8-12-18)22(2)20-24/h5-12H,3-4,13-14H2,1-2H3. The molecule has 0 heterocycles. The Hall–Kier alpha value is -3.16. The highest BCUT2D eigenvalue weighted by Crippen LogP contribution is 2.20. The van der Waals surface area contributed by atoms with Gasteiger partial charge in [-0.15, -0.1) is 9.81 Å². The van der Waals surface area contributed by atoms with E-state index in [0.29, 0.717) is 24.6 Å². The predicted molar refractivity (Wildman–Crippen MR) is 102 cm³/mol. The number of anilines is 2. The molecule has 138 valence electrons. The van der Waals surface area contributed by atoms with Gasteiger partial charge in [0.2, 0.25) is 0 Å². The fraction of sp³-hybridized carbons (Fsp3) is 0.333. The van der Waals surface area contributed by atoms with Gasteiger partial charge in [0, 0.05) is 14.1 Å². The number of rotatable bonds is 11. The van der Waals surface area contributed by atoms with Crippen LogP contribution in [0.2, 0.25) is 0 Å². The van der Waals surface area contributed by atoms with E-state index in [1.165, 1.54) is 10.0 Å². The lowest BCUT2D eigenvalue weighted by Crippen LogP contribution is -2.07. The molecule has 0 saturated carbocycles. The number of nitroso groups, excluding NO2 is 2. The van der Waals surface area contributed by atoms with Gasteiger partial charge in [-0.05, 0) is 61.4 Å². The van der Waals surface area contributed by atoms with E-state index in [1.54, 1.807) is 62.6 Å². The molecule has 0 aromatic heterocycles. The van der Waals surface area contributed by atoms with E-state index in [9.17, 15) is 9.81 Å². The van der Waals surface area contributed by atoms with Crippen molar-refractivity contribution in [1.29, 1.82) is 0 Å². The molecule has 0 fully saturated rings. The Morgan fingerprint density at radius 3 is 1.35 bits per heavy atom. The summed E-state index contributed by atoms with van der Waals surface area (Å²) in [6, 6.07) is 14.3. The predicted octanol–water partition coefficient (Wildman–Crippen LogP) is 4.16. The molecular weight excluding hydrogens is 336 g/mol. The van der Waals surface area contributed by atoms with Crippen LogP contribution in [0.5, 0.6) is 11.5 Å². The normalized spacial score (nSPS) is 10.1. The zero-order valence-electron chi connectivity index (χ0n) is 14.9. The third-order valence-corrected chi connectivity index (χ3v) is 3.74. The van der Waals surface area contributed by atoms with Gasteiger partial charge in [-0.1, -0.05) is 0 Å². The Balaban J connectivity index is 1.63. The summed E-state index contributed by atoms with van der Waals surface area (Å²) in [5, 5.41) is 8.17. The van der Waals surface area contributed by atoms with Gasteiger partial charge in [-0.25, -0.2) is 10.0 Å². The van der Waals surface area contributed by atoms with Crippen LogP contribution in [-0.2, 0) is 0 Å². The fourth-order valence-electron chi connectivity index (χ4n) is 2.19. The maximum absolute atomic E-state index is 10.4. The molecule has 2 aromatic carbocycles. The molecule has 26 heavy (non-hydrogen) atoms. The fourth-order valence-corrected chi connectivity index (χ4v) is 2.19. The smallest absolute Gasteiger partial charge is 0.119 e. The molecule has 2 aromatic rings. The van der Waals surface area contributed by atoms with Gasteiger partial charge >= 0.3 is 0 Å². The summed E-state index contributed by atoms with van der Waals surface area (Å²) in [7, 11) is 3.18. The molecule has 0 amide bonds. The van der Waals surface area contributed by atoms with Gasteiger partial charge in [-0.3, -0.25) is 0 Å². The zero-order valence-corrected chi connectivity index (χ0v) is 14.9. The zero-order chi connectivity index (χ0) is 18.8. The van der Waals surface area contributed by atoms with Crippen LogP contribution in [0.1, 0.15) is 12.8 Å². The minimum atomic E-state index is 0.583. The van der Waals surface area contributed by atoms with Gasteiger partial charge in [0.05, 0.1) is 35.2 Å². The monoisotopic (exact) mass is 358 g/mol. The first kappa shape index (κ1) is 19.2. The number of hydrogen-bond acceptors (Lipinski definition) is 6. The van der Waals surface area contributed by atoms with Crippen LogP contribution in [0, 0.1) is 9.81 Å². The summed E-state index contributed by atoms with van der Waals surface area (Å²) >= 11 is 0. The molecule has 2 rings (SSSR count). The lowest BCUT2D eigenvalue weighted by Gasteiger charge is -2.11. The average molecular weight is 358 g/mol. The molecule has 0 bridgehead atoms. The van der Waals surface area contributed by atoms with Crippen molar-refractivity contribution in [3.05, 3.63) is 58.3 Å². The van der Waals surface area contributed by atoms with E-state index >= 15 is 0 Å². The van der Waals surface area contributed by atoms with Gasteiger partial charge < -0.3 is 9.47 Å². The summed E-state index contributed by atoms with van der Waals surface area (Å²) in [6.07, 6.45) is 1.71. The first-order valence-corrected chi connectivity index (χ1v) is 8.24. The lowest BCUT2D eigenvalue weighted by atomic mass is 10.3. The van der Waals surface area contributed by atoms with Crippen molar-refractivity contribution < 1.29 is 9.47 Å². The van der Waals surface area contributed by atoms with E-state index in [1.807, 2.05) is 0 Å². The first-order valence-electron chi connectivity index (χ1n) is 8.24. The Morgan fingerprint density at radius 1 is 0.692 bits per heavy atom. The molecule has 0 aliphatic rings. The lowest BCUT2D eigenvalue weighted by molar-refractivity contribution is 0.266. The SMILES string of the molecule is CN(N=O)c1ccc(OCCCCOc2ccc(N(C)N=O)cc2)cc1. The highest BCUT2D eigenvalue weighted by Gasteiger charge is 2.02. The minimum Gasteiger partial charge on any atom is -0.494 e. The minimum absolute atomic E-state index is 0.583. The van der Waals surface area contributed by atoms with Crippen molar-refractivity contribution in [2.45, 2.75) is 12.8 Å².